The van der Waals surface area contributed by atoms with Crippen LogP contribution in [0.25, 0.3) is 0 Å². The summed E-state index contributed by atoms with van der Waals surface area (Å²) in [5, 5.41) is 0.252. The average Bonchev–Trinajstić information content (AvgIpc) is 2.51. The first-order valence-electron chi connectivity index (χ1n) is 8.36. The molecule has 1 heterocycles. The van der Waals surface area contributed by atoms with E-state index in [1.807, 2.05) is 5.98 Å². The highest BCUT2D eigenvalue weighted by atomic mass is 28.4. The molecule has 1 saturated heterocycles. The molecule has 22 heavy (non-hydrogen) atoms. The van der Waals surface area contributed by atoms with Crippen molar-refractivity contribution in [2.75, 3.05) is 6.61 Å². The van der Waals surface area contributed by atoms with Crippen LogP contribution in [0.15, 0.2) is 12.1 Å². The van der Waals surface area contributed by atoms with Crippen molar-refractivity contribution in [3.63, 3.8) is 0 Å². The minimum Gasteiger partial charge on any atom is -0.416 e. The Morgan fingerprint density at radius 3 is 1.95 bits per heavy atom. The number of hydrogen-bond acceptors (Lipinski definition) is 3. The Bertz CT molecular complexity index is 395. The van der Waals surface area contributed by atoms with Gasteiger partial charge < -0.3 is 13.7 Å². The van der Waals surface area contributed by atoms with Gasteiger partial charge in [0, 0.05) is 6.61 Å². The molecular formula is C17H35BO3Si. The monoisotopic (exact) mass is 326 g/mol. The predicted molar refractivity (Wildman–Crippen MR) is 97.5 cm³/mol. The third-order valence-corrected chi connectivity index (χ3v) is 9.88. The Hall–Kier alpha value is -0.0982. The molecule has 1 rings (SSSR count). The molecule has 0 radical (unpaired) electrons. The molecule has 5 heteroatoms. The lowest BCUT2D eigenvalue weighted by molar-refractivity contribution is 0.00578. The Balaban J connectivity index is 2.52. The molecule has 1 fully saturated rings. The van der Waals surface area contributed by atoms with Gasteiger partial charge >= 0.3 is 7.12 Å². The van der Waals surface area contributed by atoms with E-state index >= 15 is 0 Å². The van der Waals surface area contributed by atoms with Crippen LogP contribution in [-0.2, 0) is 13.7 Å². The molecule has 3 nitrogen and oxygen atoms in total. The Morgan fingerprint density at radius 2 is 1.55 bits per heavy atom. The third kappa shape index (κ3) is 4.70. The second-order valence-electron chi connectivity index (χ2n) is 9.06. The topological polar surface area (TPSA) is 27.7 Å². The lowest BCUT2D eigenvalue weighted by Gasteiger charge is -2.36. The summed E-state index contributed by atoms with van der Waals surface area (Å²) >= 11 is 0. The molecule has 1 unspecified atom stereocenters. The minimum absolute atomic E-state index is 0.252. The molecule has 1 atom stereocenters. The van der Waals surface area contributed by atoms with Crippen LogP contribution < -0.4 is 0 Å². The summed E-state index contributed by atoms with van der Waals surface area (Å²) in [7, 11) is -1.93. The van der Waals surface area contributed by atoms with Crippen LogP contribution >= 0.6 is 0 Å². The van der Waals surface area contributed by atoms with Gasteiger partial charge in [-0.2, -0.15) is 0 Å². The summed E-state index contributed by atoms with van der Waals surface area (Å²) in [4.78, 5) is 0. The maximum absolute atomic E-state index is 6.26. The Labute approximate surface area is 139 Å². The summed E-state index contributed by atoms with van der Waals surface area (Å²) in [6.45, 7) is 22.6. The zero-order valence-electron chi connectivity index (χ0n) is 16.2. The first kappa shape index (κ1) is 19.9. The lowest BCUT2D eigenvalue weighted by atomic mass is 9.88. The van der Waals surface area contributed by atoms with Gasteiger partial charge in [0.1, 0.15) is 0 Å². The van der Waals surface area contributed by atoms with Crippen molar-refractivity contribution < 1.29 is 13.7 Å². The average molecular weight is 326 g/mol. The predicted octanol–water partition coefficient (Wildman–Crippen LogP) is 4.83. The van der Waals surface area contributed by atoms with Gasteiger partial charge in [-0.3, -0.25) is 0 Å². The van der Waals surface area contributed by atoms with Crippen molar-refractivity contribution >= 4 is 15.4 Å². The molecule has 128 valence electrons. The van der Waals surface area contributed by atoms with Crippen molar-refractivity contribution in [1.29, 1.82) is 0 Å². The summed E-state index contributed by atoms with van der Waals surface area (Å²) in [5.41, 5.74) is -0.550. The van der Waals surface area contributed by atoms with E-state index in [0.29, 0.717) is 5.92 Å². The van der Waals surface area contributed by atoms with E-state index in [0.717, 1.165) is 6.61 Å². The van der Waals surface area contributed by atoms with Gasteiger partial charge in [0.15, 0.2) is 8.32 Å². The van der Waals surface area contributed by atoms with E-state index in [1.165, 1.54) is 0 Å². The highest BCUT2D eigenvalue weighted by Crippen LogP contribution is 2.38. The normalized spacial score (nSPS) is 23.3. The van der Waals surface area contributed by atoms with Crippen LogP contribution in [0.1, 0.15) is 55.4 Å². The van der Waals surface area contributed by atoms with E-state index < -0.39 is 8.32 Å². The molecule has 0 amide bonds. The third-order valence-electron chi connectivity index (χ3n) is 5.38. The van der Waals surface area contributed by atoms with E-state index in [2.05, 4.69) is 74.6 Å². The van der Waals surface area contributed by atoms with Crippen molar-refractivity contribution in [1.82, 2.24) is 0 Å². The number of hydrogen-bond donors (Lipinski definition) is 0. The highest BCUT2D eigenvalue weighted by Gasteiger charge is 2.50. The van der Waals surface area contributed by atoms with Crippen LogP contribution in [-0.4, -0.2) is 33.2 Å². The fourth-order valence-electron chi connectivity index (χ4n) is 1.86. The first-order valence-corrected chi connectivity index (χ1v) is 11.3. The maximum atomic E-state index is 6.26. The fraction of sp³-hybridized carbons (Fsp3) is 0.882. The maximum Gasteiger partial charge on any atom is 0.486 e. The summed E-state index contributed by atoms with van der Waals surface area (Å²) < 4.78 is 18.2. The van der Waals surface area contributed by atoms with Gasteiger partial charge in [-0.25, -0.2) is 0 Å². The molecule has 0 aliphatic carbocycles. The molecule has 0 spiro atoms. The second-order valence-corrected chi connectivity index (χ2v) is 13.9. The minimum atomic E-state index is -1.67. The zero-order chi connectivity index (χ0) is 17.4. The smallest absolute Gasteiger partial charge is 0.416 e. The highest BCUT2D eigenvalue weighted by molar-refractivity contribution is 6.74. The molecular weight excluding hydrogens is 291 g/mol. The second kappa shape index (κ2) is 6.42. The molecule has 0 aromatic heterocycles. The van der Waals surface area contributed by atoms with Crippen LogP contribution in [0.4, 0.5) is 0 Å². The van der Waals surface area contributed by atoms with Crippen molar-refractivity contribution in [2.45, 2.75) is 84.7 Å². The standard InChI is InChI=1S/C17H35BO3Si/c1-14(13-19-22(9,10)15(2,3)4)11-12-18-20-16(5,6)17(7,8)21-18/h11-12,14H,13H2,1-10H3/b12-11+. The van der Waals surface area contributed by atoms with Gasteiger partial charge in [-0.1, -0.05) is 39.7 Å². The SMILES string of the molecule is CC(/C=C/B1OC(C)(C)C(C)(C)O1)CO[Si](C)(C)C(C)(C)C. The van der Waals surface area contributed by atoms with Gasteiger partial charge in [-0.15, -0.1) is 0 Å². The van der Waals surface area contributed by atoms with Crippen molar-refractivity contribution in [2.24, 2.45) is 5.92 Å². The Morgan fingerprint density at radius 1 is 1.09 bits per heavy atom. The first-order chi connectivity index (χ1) is 9.68. The summed E-state index contributed by atoms with van der Waals surface area (Å²) in [6.07, 6.45) is 2.15. The lowest BCUT2D eigenvalue weighted by Crippen LogP contribution is -2.41. The largest absolute Gasteiger partial charge is 0.486 e. The number of rotatable bonds is 5. The van der Waals surface area contributed by atoms with Crippen LogP contribution in [0.3, 0.4) is 0 Å². The zero-order valence-corrected chi connectivity index (χ0v) is 17.2. The van der Waals surface area contributed by atoms with Crippen LogP contribution in [0.5, 0.6) is 0 Å². The van der Waals surface area contributed by atoms with Crippen molar-refractivity contribution in [3.05, 3.63) is 12.1 Å². The molecule has 1 aliphatic rings. The molecule has 0 saturated carbocycles. The summed E-state index contributed by atoms with van der Waals surface area (Å²) in [6, 6.07) is 0. The van der Waals surface area contributed by atoms with Gasteiger partial charge in [0.25, 0.3) is 0 Å². The van der Waals surface area contributed by atoms with Crippen LogP contribution in [0.2, 0.25) is 18.1 Å². The van der Waals surface area contributed by atoms with Crippen LogP contribution in [0, 0.1) is 5.92 Å². The molecule has 0 bridgehead atoms. The van der Waals surface area contributed by atoms with Gasteiger partial charge in [-0.05, 0) is 51.7 Å². The quantitative estimate of drug-likeness (QED) is 0.677. The summed E-state index contributed by atoms with van der Waals surface area (Å²) in [5.74, 6) is 2.38. The van der Waals surface area contributed by atoms with E-state index in [1.54, 1.807) is 0 Å². The van der Waals surface area contributed by atoms with E-state index in [9.17, 15) is 0 Å². The van der Waals surface area contributed by atoms with Crippen molar-refractivity contribution in [3.8, 4) is 0 Å². The fourth-order valence-corrected chi connectivity index (χ4v) is 2.97. The molecule has 0 aromatic carbocycles. The van der Waals surface area contributed by atoms with Gasteiger partial charge in [0.2, 0.25) is 0 Å². The van der Waals surface area contributed by atoms with Gasteiger partial charge in [0.05, 0.1) is 11.2 Å². The molecule has 1 aliphatic heterocycles. The Kier molecular flexibility index (Phi) is 5.82. The van der Waals surface area contributed by atoms with E-state index in [-0.39, 0.29) is 23.4 Å². The molecule has 0 N–H and O–H groups in total. The molecule has 0 aromatic rings. The van der Waals surface area contributed by atoms with E-state index in [4.69, 9.17) is 13.7 Å².